The number of hydrogen-bond acceptors (Lipinski definition) is 10. The predicted octanol–water partition coefficient (Wildman–Crippen LogP) is 3.05. The first-order valence-electron chi connectivity index (χ1n) is 12.7. The normalized spacial score (nSPS) is 14.7. The molecular weight excluding hydrogens is 516 g/mol. The molecule has 12 heteroatoms. The summed E-state index contributed by atoms with van der Waals surface area (Å²) in [5, 5.41) is 10.8. The third kappa shape index (κ3) is 5.77. The minimum Gasteiger partial charge on any atom is -0.497 e. The Morgan fingerprint density at radius 2 is 1.12 bits per heavy atom. The highest BCUT2D eigenvalue weighted by Crippen LogP contribution is 2.27. The molecule has 4 aromatic rings. The Labute approximate surface area is 231 Å². The van der Waals surface area contributed by atoms with Crippen LogP contribution in [0.4, 0.5) is 0 Å². The fraction of sp³-hybridized carbons (Fsp3) is 0.357. The van der Waals surface area contributed by atoms with E-state index in [1.807, 2.05) is 50.2 Å². The number of nitrogens with two attached hydrogens (primary N) is 2. The quantitative estimate of drug-likeness (QED) is 0.222. The van der Waals surface area contributed by atoms with E-state index in [-0.39, 0.29) is 0 Å². The van der Waals surface area contributed by atoms with E-state index >= 15 is 0 Å². The maximum absolute atomic E-state index is 12.4. The molecule has 0 saturated carbocycles. The van der Waals surface area contributed by atoms with E-state index in [1.165, 1.54) is 0 Å². The number of fused-ring (bicyclic) bond motifs is 2. The van der Waals surface area contributed by atoms with Gasteiger partial charge in [-0.1, -0.05) is 0 Å². The van der Waals surface area contributed by atoms with Gasteiger partial charge in [0.05, 0.1) is 36.6 Å². The summed E-state index contributed by atoms with van der Waals surface area (Å²) in [6.07, 6.45) is -1.12. The first-order valence-corrected chi connectivity index (χ1v) is 12.7. The van der Waals surface area contributed by atoms with Crippen molar-refractivity contribution >= 4 is 33.7 Å². The summed E-state index contributed by atoms with van der Waals surface area (Å²) in [7, 11) is 3.14. The summed E-state index contributed by atoms with van der Waals surface area (Å²) >= 11 is 0. The van der Waals surface area contributed by atoms with E-state index in [1.54, 1.807) is 37.4 Å². The van der Waals surface area contributed by atoms with Crippen LogP contribution < -0.4 is 20.9 Å². The molecule has 0 aliphatic rings. The minimum atomic E-state index is -0.781. The van der Waals surface area contributed by atoms with Crippen molar-refractivity contribution < 1.29 is 28.5 Å². The number of aryl methyl sites for hydroxylation is 2. The van der Waals surface area contributed by atoms with Crippen molar-refractivity contribution in [2.45, 2.75) is 52.2 Å². The molecule has 2 aromatic heterocycles. The van der Waals surface area contributed by atoms with Gasteiger partial charge in [-0.2, -0.15) is 10.2 Å². The third-order valence-electron chi connectivity index (χ3n) is 6.68. The summed E-state index contributed by atoms with van der Waals surface area (Å²) < 4.78 is 24.6. The van der Waals surface area contributed by atoms with E-state index < -0.39 is 36.5 Å². The molecule has 2 aromatic carbocycles. The Balaban J connectivity index is 1.37. The minimum absolute atomic E-state index is 0.650. The number of hydrogen-bond donors (Lipinski definition) is 2. The number of benzene rings is 2. The molecule has 2 unspecified atom stereocenters. The molecule has 2 heterocycles. The number of carbonyl (C=O) groups excluding carboxylic acids is 2. The predicted molar refractivity (Wildman–Crippen MR) is 149 cm³/mol. The van der Waals surface area contributed by atoms with Gasteiger partial charge in [0, 0.05) is 35.1 Å². The Bertz CT molecular complexity index is 1460. The monoisotopic (exact) mass is 550 g/mol. The van der Waals surface area contributed by atoms with Crippen LogP contribution in [0.1, 0.15) is 37.6 Å². The van der Waals surface area contributed by atoms with Crippen LogP contribution in [0.25, 0.3) is 21.8 Å². The van der Waals surface area contributed by atoms with E-state index in [0.717, 1.165) is 45.3 Å². The van der Waals surface area contributed by atoms with Crippen LogP contribution in [0.5, 0.6) is 11.5 Å². The van der Waals surface area contributed by atoms with Crippen LogP contribution in [0, 0.1) is 13.8 Å². The van der Waals surface area contributed by atoms with Crippen LogP contribution in [0.2, 0.25) is 0 Å². The zero-order valence-corrected chi connectivity index (χ0v) is 23.3. The average Bonchev–Trinajstić information content (AvgIpc) is 3.46. The van der Waals surface area contributed by atoms with Gasteiger partial charge in [-0.3, -0.25) is 0 Å². The number of aromatic nitrogens is 4. The van der Waals surface area contributed by atoms with Gasteiger partial charge in [0.25, 0.3) is 0 Å². The maximum atomic E-state index is 12.4. The van der Waals surface area contributed by atoms with Crippen molar-refractivity contribution in [1.29, 1.82) is 0 Å². The van der Waals surface area contributed by atoms with Crippen LogP contribution in [0.3, 0.4) is 0 Å². The molecule has 212 valence electrons. The molecule has 0 fully saturated rings. The van der Waals surface area contributed by atoms with Crippen LogP contribution in [0.15, 0.2) is 48.6 Å². The summed E-state index contributed by atoms with van der Waals surface area (Å²) in [6, 6.07) is 11.1. The fourth-order valence-corrected chi connectivity index (χ4v) is 4.38. The second-order valence-corrected chi connectivity index (χ2v) is 9.42. The summed E-state index contributed by atoms with van der Waals surface area (Å²) in [5.41, 5.74) is 15.8. The Kier molecular flexibility index (Phi) is 8.40. The number of rotatable bonds is 10. The van der Waals surface area contributed by atoms with Crippen molar-refractivity contribution in [2.75, 3.05) is 14.2 Å². The Morgan fingerprint density at radius 1 is 0.750 bits per heavy atom. The lowest BCUT2D eigenvalue weighted by Gasteiger charge is -2.21. The number of carbonyl (C=O) groups is 2. The summed E-state index contributed by atoms with van der Waals surface area (Å²) in [6.45, 7) is 7.01. The first-order chi connectivity index (χ1) is 19.0. The zero-order valence-electron chi connectivity index (χ0n) is 23.3. The van der Waals surface area contributed by atoms with Crippen LogP contribution in [-0.4, -0.2) is 57.9 Å². The number of ether oxygens (including phenoxy) is 4. The SMILES string of the molecule is COc1ccc2c(C)nn([C@H](N)C(C)OC(=O)/C=C/C(=O)OC(C)[C@@H](N)n3nc(C)c4ccc(OC)cc43)c2c1. The standard InChI is InChI=1S/C28H34N6O6/c1-15-21-9-7-19(37-5)13-23(21)33(31-15)27(29)17(3)39-25(35)11-12-26(36)40-18(4)28(30)34-24-14-20(38-6)8-10-22(24)16(2)32-34/h7-14,17-18,27-28H,29-30H2,1-6H3/b12-11+/t17?,18?,27-,28-/m0/s1. The van der Waals surface area contributed by atoms with Crippen molar-refractivity contribution in [3.63, 3.8) is 0 Å². The van der Waals surface area contributed by atoms with Crippen molar-refractivity contribution in [1.82, 2.24) is 19.6 Å². The van der Waals surface area contributed by atoms with Gasteiger partial charge in [0.1, 0.15) is 36.0 Å². The van der Waals surface area contributed by atoms with E-state index in [0.29, 0.717) is 11.5 Å². The van der Waals surface area contributed by atoms with E-state index in [9.17, 15) is 9.59 Å². The topological polar surface area (TPSA) is 159 Å². The van der Waals surface area contributed by atoms with Gasteiger partial charge in [0.2, 0.25) is 0 Å². The smallest absolute Gasteiger partial charge is 0.331 e. The molecule has 0 saturated heterocycles. The second-order valence-electron chi connectivity index (χ2n) is 9.42. The number of methoxy groups -OCH3 is 2. The number of nitrogens with zero attached hydrogens (tertiary/aromatic N) is 4. The highest BCUT2D eigenvalue weighted by molar-refractivity contribution is 5.92. The fourth-order valence-electron chi connectivity index (χ4n) is 4.38. The molecule has 0 radical (unpaired) electrons. The molecule has 0 aliphatic carbocycles. The van der Waals surface area contributed by atoms with Gasteiger partial charge in [0.15, 0.2) is 0 Å². The second kappa shape index (κ2) is 11.8. The lowest BCUT2D eigenvalue weighted by molar-refractivity contribution is -0.147. The van der Waals surface area contributed by atoms with Gasteiger partial charge in [-0.15, -0.1) is 0 Å². The molecule has 12 nitrogen and oxygen atoms in total. The highest BCUT2D eigenvalue weighted by Gasteiger charge is 2.24. The third-order valence-corrected chi connectivity index (χ3v) is 6.68. The van der Waals surface area contributed by atoms with E-state index in [2.05, 4.69) is 10.2 Å². The van der Waals surface area contributed by atoms with Crippen molar-refractivity contribution in [3.05, 3.63) is 59.9 Å². The molecule has 4 rings (SSSR count). The molecule has 0 amide bonds. The molecule has 4 atom stereocenters. The molecule has 0 bridgehead atoms. The molecular formula is C28H34N6O6. The van der Waals surface area contributed by atoms with Crippen LogP contribution >= 0.6 is 0 Å². The molecule has 40 heavy (non-hydrogen) atoms. The first kappa shape index (κ1) is 28.6. The molecule has 0 spiro atoms. The maximum Gasteiger partial charge on any atom is 0.331 e. The zero-order chi connectivity index (χ0) is 29.1. The lowest BCUT2D eigenvalue weighted by atomic mass is 10.2. The highest BCUT2D eigenvalue weighted by atomic mass is 16.6. The van der Waals surface area contributed by atoms with Gasteiger partial charge >= 0.3 is 11.9 Å². The Hall–Kier alpha value is -4.42. The lowest BCUT2D eigenvalue weighted by Crippen LogP contribution is -2.34. The van der Waals surface area contributed by atoms with Gasteiger partial charge < -0.3 is 30.4 Å². The number of esters is 2. The van der Waals surface area contributed by atoms with Gasteiger partial charge in [-0.05, 0) is 52.0 Å². The Morgan fingerprint density at radius 3 is 1.48 bits per heavy atom. The van der Waals surface area contributed by atoms with Crippen molar-refractivity contribution in [3.8, 4) is 11.5 Å². The summed E-state index contributed by atoms with van der Waals surface area (Å²) in [5.74, 6) is -0.222. The summed E-state index contributed by atoms with van der Waals surface area (Å²) in [4.78, 5) is 24.9. The van der Waals surface area contributed by atoms with E-state index in [4.69, 9.17) is 30.4 Å². The van der Waals surface area contributed by atoms with Crippen LogP contribution in [-0.2, 0) is 19.1 Å². The molecule has 0 aliphatic heterocycles. The van der Waals surface area contributed by atoms with Crippen molar-refractivity contribution in [2.24, 2.45) is 11.5 Å². The molecule has 4 N–H and O–H groups in total. The largest absolute Gasteiger partial charge is 0.497 e. The average molecular weight is 551 g/mol. The van der Waals surface area contributed by atoms with Gasteiger partial charge in [-0.25, -0.2) is 19.0 Å².